The van der Waals surface area contributed by atoms with Crippen molar-refractivity contribution in [1.29, 1.82) is 0 Å². The van der Waals surface area contributed by atoms with Crippen LogP contribution in [-0.2, 0) is 0 Å². The monoisotopic (exact) mass is 318 g/mol. The summed E-state index contributed by atoms with van der Waals surface area (Å²) in [7, 11) is 2.19. The van der Waals surface area contributed by atoms with E-state index in [-0.39, 0.29) is 6.17 Å². The lowest BCUT2D eigenvalue weighted by Gasteiger charge is -2.25. The van der Waals surface area contributed by atoms with Crippen LogP contribution in [-0.4, -0.2) is 11.9 Å². The molecule has 0 spiro atoms. The molecule has 4 rings (SSSR count). The van der Waals surface area contributed by atoms with Crippen LogP contribution in [0.5, 0.6) is 0 Å². The van der Waals surface area contributed by atoms with Gasteiger partial charge in [-0.1, -0.05) is 74.5 Å². The fourth-order valence-electron chi connectivity index (χ4n) is 3.43. The third-order valence-corrected chi connectivity index (χ3v) is 4.63. The van der Waals surface area contributed by atoms with E-state index < -0.39 is 0 Å². The molecular weight excluding hydrogens is 292 g/mol. The van der Waals surface area contributed by atoms with Gasteiger partial charge in [-0.15, -0.1) is 0 Å². The molecule has 0 fully saturated rings. The second kappa shape index (κ2) is 7.39. The van der Waals surface area contributed by atoms with Crippen LogP contribution in [0.1, 0.15) is 44.0 Å². The van der Waals surface area contributed by atoms with Crippen molar-refractivity contribution in [1.82, 2.24) is 10.2 Å². The highest BCUT2D eigenvalue weighted by atomic mass is 15.3. The van der Waals surface area contributed by atoms with E-state index in [9.17, 15) is 0 Å². The molecule has 0 bridgehead atoms. The van der Waals surface area contributed by atoms with Crippen molar-refractivity contribution >= 4 is 5.57 Å². The lowest BCUT2D eigenvalue weighted by atomic mass is 9.94. The Labute approximate surface area is 145 Å². The summed E-state index contributed by atoms with van der Waals surface area (Å²) in [4.78, 5) is 2.38. The molecule has 2 aromatic rings. The Morgan fingerprint density at radius 1 is 0.875 bits per heavy atom. The molecule has 2 heteroatoms. The fraction of sp³-hybridized carbons (Fsp3) is 0.273. The van der Waals surface area contributed by atoms with Gasteiger partial charge in [-0.25, -0.2) is 0 Å². The number of allylic oxidation sites excluding steroid dienone is 3. The standard InChI is InChI=1S/C20H20N2.C2H6/c1-22-19-13-12-17(15-8-4-2-5-9-15)14-18(19)21-20(22)16-10-6-3-7-11-16;1-2/h2-11,14,20-21H,12-13H2,1H3;1-2H3. The summed E-state index contributed by atoms with van der Waals surface area (Å²) in [6.07, 6.45) is 4.78. The van der Waals surface area contributed by atoms with Gasteiger partial charge in [0.1, 0.15) is 6.17 Å². The van der Waals surface area contributed by atoms with Crippen molar-refractivity contribution in [2.24, 2.45) is 0 Å². The minimum atomic E-state index is 0.248. The molecule has 1 heterocycles. The van der Waals surface area contributed by atoms with Crippen molar-refractivity contribution in [3.8, 4) is 0 Å². The van der Waals surface area contributed by atoms with Gasteiger partial charge in [0, 0.05) is 12.7 Å². The second-order valence-electron chi connectivity index (χ2n) is 5.96. The Morgan fingerprint density at radius 3 is 2.17 bits per heavy atom. The van der Waals surface area contributed by atoms with E-state index in [4.69, 9.17) is 0 Å². The lowest BCUT2D eigenvalue weighted by molar-refractivity contribution is 0.310. The zero-order valence-corrected chi connectivity index (χ0v) is 14.8. The van der Waals surface area contributed by atoms with Crippen LogP contribution < -0.4 is 5.32 Å². The summed E-state index contributed by atoms with van der Waals surface area (Å²) in [5.74, 6) is 0. The van der Waals surface area contributed by atoms with Crippen molar-refractivity contribution in [3.63, 3.8) is 0 Å². The number of nitrogens with one attached hydrogen (secondary N) is 1. The van der Waals surface area contributed by atoms with Crippen LogP contribution in [0.4, 0.5) is 0 Å². The Morgan fingerprint density at radius 2 is 1.50 bits per heavy atom. The largest absolute Gasteiger partial charge is 0.360 e. The molecule has 1 aliphatic carbocycles. The summed E-state index contributed by atoms with van der Waals surface area (Å²) in [5.41, 5.74) is 6.78. The SMILES string of the molecule is CC.CN1C2=C(C=C(c3ccccc3)CC2)NC1c1ccccc1. The van der Waals surface area contributed by atoms with Crippen LogP contribution >= 0.6 is 0 Å². The smallest absolute Gasteiger partial charge is 0.125 e. The first-order valence-corrected chi connectivity index (χ1v) is 8.86. The Hall–Kier alpha value is -2.48. The Kier molecular flexibility index (Phi) is 5.05. The molecule has 0 radical (unpaired) electrons. The third kappa shape index (κ3) is 3.09. The summed E-state index contributed by atoms with van der Waals surface area (Å²) in [6.45, 7) is 4.00. The van der Waals surface area contributed by atoms with E-state index in [0.717, 1.165) is 12.8 Å². The van der Waals surface area contributed by atoms with E-state index >= 15 is 0 Å². The Balaban J connectivity index is 0.000000815. The molecular formula is C22H26N2. The van der Waals surface area contributed by atoms with Gasteiger partial charge < -0.3 is 10.2 Å². The molecule has 2 aromatic carbocycles. The van der Waals surface area contributed by atoms with Crippen LogP contribution in [0.2, 0.25) is 0 Å². The fourth-order valence-corrected chi connectivity index (χ4v) is 3.43. The summed E-state index contributed by atoms with van der Waals surface area (Å²) in [5, 5.41) is 3.69. The van der Waals surface area contributed by atoms with Gasteiger partial charge >= 0.3 is 0 Å². The maximum Gasteiger partial charge on any atom is 0.125 e. The first kappa shape index (κ1) is 16.4. The lowest BCUT2D eigenvalue weighted by Crippen LogP contribution is -2.25. The van der Waals surface area contributed by atoms with Crippen molar-refractivity contribution in [2.45, 2.75) is 32.9 Å². The second-order valence-corrected chi connectivity index (χ2v) is 5.96. The normalized spacial score (nSPS) is 19.0. The molecule has 0 saturated heterocycles. The topological polar surface area (TPSA) is 15.3 Å². The highest BCUT2D eigenvalue weighted by Crippen LogP contribution is 2.38. The zero-order valence-electron chi connectivity index (χ0n) is 14.8. The van der Waals surface area contributed by atoms with E-state index in [2.05, 4.69) is 84.0 Å². The predicted octanol–water partition coefficient (Wildman–Crippen LogP) is 5.34. The minimum Gasteiger partial charge on any atom is -0.360 e. The number of nitrogens with zero attached hydrogens (tertiary/aromatic N) is 1. The molecule has 1 atom stereocenters. The third-order valence-electron chi connectivity index (χ3n) is 4.63. The maximum absolute atomic E-state index is 3.69. The van der Waals surface area contributed by atoms with Gasteiger partial charge in [-0.3, -0.25) is 0 Å². The summed E-state index contributed by atoms with van der Waals surface area (Å²) >= 11 is 0. The van der Waals surface area contributed by atoms with E-state index in [0.29, 0.717) is 0 Å². The van der Waals surface area contributed by atoms with Crippen LogP contribution in [0.15, 0.2) is 78.1 Å². The average Bonchev–Trinajstić information content (AvgIpc) is 3.01. The summed E-state index contributed by atoms with van der Waals surface area (Å²) in [6, 6.07) is 21.4. The average molecular weight is 318 g/mol. The van der Waals surface area contributed by atoms with Gasteiger partial charge in [0.2, 0.25) is 0 Å². The van der Waals surface area contributed by atoms with E-state index in [1.165, 1.54) is 28.1 Å². The molecule has 1 N–H and O–H groups in total. The number of hydrogen-bond acceptors (Lipinski definition) is 2. The molecule has 1 unspecified atom stereocenters. The first-order chi connectivity index (χ1) is 11.8. The highest BCUT2D eigenvalue weighted by Gasteiger charge is 2.30. The molecule has 2 aliphatic rings. The molecule has 1 aliphatic heterocycles. The molecule has 0 aromatic heterocycles. The van der Waals surface area contributed by atoms with E-state index in [1.54, 1.807) is 0 Å². The van der Waals surface area contributed by atoms with Gasteiger partial charge in [0.05, 0.1) is 5.70 Å². The maximum atomic E-state index is 3.69. The van der Waals surface area contributed by atoms with Crippen LogP contribution in [0.25, 0.3) is 5.57 Å². The number of rotatable bonds is 2. The molecule has 24 heavy (non-hydrogen) atoms. The van der Waals surface area contributed by atoms with Crippen LogP contribution in [0, 0.1) is 0 Å². The van der Waals surface area contributed by atoms with Crippen molar-refractivity contribution in [3.05, 3.63) is 89.3 Å². The number of benzene rings is 2. The summed E-state index contributed by atoms with van der Waals surface area (Å²) < 4.78 is 0. The van der Waals surface area contributed by atoms with Crippen molar-refractivity contribution in [2.75, 3.05) is 7.05 Å². The minimum absolute atomic E-state index is 0.248. The van der Waals surface area contributed by atoms with Gasteiger partial charge in [0.15, 0.2) is 0 Å². The molecule has 0 saturated carbocycles. The quantitative estimate of drug-likeness (QED) is 0.804. The van der Waals surface area contributed by atoms with Gasteiger partial charge in [-0.2, -0.15) is 0 Å². The van der Waals surface area contributed by atoms with Crippen molar-refractivity contribution < 1.29 is 0 Å². The molecule has 2 nitrogen and oxygen atoms in total. The molecule has 124 valence electrons. The Bertz CT molecular complexity index is 729. The predicted molar refractivity (Wildman–Crippen MR) is 102 cm³/mol. The van der Waals surface area contributed by atoms with Crippen LogP contribution in [0.3, 0.4) is 0 Å². The first-order valence-electron chi connectivity index (χ1n) is 8.86. The van der Waals surface area contributed by atoms with Gasteiger partial charge in [0.25, 0.3) is 0 Å². The highest BCUT2D eigenvalue weighted by molar-refractivity contribution is 5.70. The van der Waals surface area contributed by atoms with E-state index in [1.807, 2.05) is 13.8 Å². The van der Waals surface area contributed by atoms with Gasteiger partial charge in [-0.05, 0) is 35.6 Å². The molecule has 0 amide bonds. The number of hydrogen-bond donors (Lipinski definition) is 1. The zero-order chi connectivity index (χ0) is 16.9.